The molecular weight excluding hydrogens is 362 g/mol. The van der Waals surface area contributed by atoms with Crippen molar-refractivity contribution < 1.29 is 13.2 Å². The molecule has 0 aliphatic rings. The van der Waals surface area contributed by atoms with E-state index in [4.69, 9.17) is 0 Å². The van der Waals surface area contributed by atoms with Crippen molar-refractivity contribution >= 4 is 27.3 Å². The van der Waals surface area contributed by atoms with Crippen LogP contribution in [-0.4, -0.2) is 45.8 Å². The Morgan fingerprint density at radius 3 is 2.19 bits per heavy atom. The minimum absolute atomic E-state index is 0.173. The monoisotopic (exact) mass is 389 g/mol. The van der Waals surface area contributed by atoms with E-state index in [1.165, 1.54) is 10.4 Å². The molecule has 0 saturated heterocycles. The van der Waals surface area contributed by atoms with Crippen LogP contribution in [0.3, 0.4) is 0 Å². The number of hydrogen-bond acceptors (Lipinski definition) is 4. The summed E-state index contributed by atoms with van der Waals surface area (Å²) >= 11 is 0. The molecule has 146 valence electrons. The molecule has 0 aliphatic heterocycles. The first-order chi connectivity index (χ1) is 12.8. The maximum Gasteiger partial charge on any atom is 0.243 e. The van der Waals surface area contributed by atoms with E-state index in [0.29, 0.717) is 18.8 Å². The average Bonchev–Trinajstić information content (AvgIpc) is 2.63. The van der Waals surface area contributed by atoms with Crippen molar-refractivity contribution in [1.82, 2.24) is 4.31 Å². The summed E-state index contributed by atoms with van der Waals surface area (Å²) in [5, 5.41) is 2.86. The zero-order chi connectivity index (χ0) is 20.0. The van der Waals surface area contributed by atoms with Crippen molar-refractivity contribution in [3.05, 3.63) is 54.1 Å². The Bertz CT molecular complexity index is 877. The third kappa shape index (κ3) is 5.08. The molecule has 7 heteroatoms. The largest absolute Gasteiger partial charge is 0.376 e. The van der Waals surface area contributed by atoms with E-state index in [-0.39, 0.29) is 17.2 Å². The maximum atomic E-state index is 12.8. The number of carbonyl (C=O) groups is 1. The Balaban J connectivity index is 2.34. The number of anilines is 2. The summed E-state index contributed by atoms with van der Waals surface area (Å²) < 4.78 is 27.0. The Morgan fingerprint density at radius 2 is 1.63 bits per heavy atom. The number of carbonyl (C=O) groups excluding carboxylic acids is 1. The van der Waals surface area contributed by atoms with Crippen LogP contribution in [0.5, 0.6) is 0 Å². The summed E-state index contributed by atoms with van der Waals surface area (Å²) in [7, 11) is 0.0986. The second-order valence-electron chi connectivity index (χ2n) is 6.37. The summed E-state index contributed by atoms with van der Waals surface area (Å²) in [4.78, 5) is 14.5. The van der Waals surface area contributed by atoms with Crippen LogP contribution < -0.4 is 10.2 Å². The highest BCUT2D eigenvalue weighted by molar-refractivity contribution is 7.89. The first-order valence-electron chi connectivity index (χ1n) is 8.94. The van der Waals surface area contributed by atoms with Gasteiger partial charge in [0, 0.05) is 27.2 Å². The first kappa shape index (κ1) is 20.9. The van der Waals surface area contributed by atoms with E-state index in [1.54, 1.807) is 26.0 Å². The van der Waals surface area contributed by atoms with Gasteiger partial charge in [0.05, 0.1) is 22.7 Å². The molecule has 27 heavy (non-hydrogen) atoms. The molecular formula is C20H27N3O3S. The lowest BCUT2D eigenvalue weighted by molar-refractivity contribution is -0.115. The molecule has 2 aromatic rings. The van der Waals surface area contributed by atoms with Gasteiger partial charge in [-0.2, -0.15) is 4.31 Å². The highest BCUT2D eigenvalue weighted by atomic mass is 32.2. The quantitative estimate of drug-likeness (QED) is 0.754. The van der Waals surface area contributed by atoms with Crippen LogP contribution in [0.4, 0.5) is 11.4 Å². The van der Waals surface area contributed by atoms with Gasteiger partial charge in [-0.25, -0.2) is 8.42 Å². The zero-order valence-electron chi connectivity index (χ0n) is 16.3. The normalized spacial score (nSPS) is 11.4. The Labute approximate surface area is 161 Å². The van der Waals surface area contributed by atoms with Crippen LogP contribution in [0.25, 0.3) is 0 Å². The van der Waals surface area contributed by atoms with Crippen LogP contribution in [0.2, 0.25) is 0 Å². The molecule has 2 aromatic carbocycles. The maximum absolute atomic E-state index is 12.8. The summed E-state index contributed by atoms with van der Waals surface area (Å²) in [5.74, 6) is -0.193. The molecule has 0 spiro atoms. The molecule has 1 N–H and O–H groups in total. The SMILES string of the molecule is CCN(CC)S(=O)(=O)c1ccc(N(C)C)c(NC(=O)Cc2ccccc2)c1. The van der Waals surface area contributed by atoms with Gasteiger partial charge in [0.15, 0.2) is 0 Å². The van der Waals surface area contributed by atoms with E-state index in [1.807, 2.05) is 49.3 Å². The summed E-state index contributed by atoms with van der Waals surface area (Å²) in [6, 6.07) is 14.3. The van der Waals surface area contributed by atoms with Gasteiger partial charge in [0.2, 0.25) is 15.9 Å². The molecule has 0 unspecified atom stereocenters. The Kier molecular flexibility index (Phi) is 6.98. The lowest BCUT2D eigenvalue weighted by atomic mass is 10.1. The van der Waals surface area contributed by atoms with Crippen LogP contribution >= 0.6 is 0 Å². The Hall–Kier alpha value is -2.38. The van der Waals surface area contributed by atoms with Crippen LogP contribution in [0, 0.1) is 0 Å². The molecule has 0 heterocycles. The summed E-state index contributed by atoms with van der Waals surface area (Å²) in [5.41, 5.74) is 2.12. The number of benzene rings is 2. The van der Waals surface area contributed by atoms with E-state index in [9.17, 15) is 13.2 Å². The van der Waals surface area contributed by atoms with Gasteiger partial charge >= 0.3 is 0 Å². The molecule has 0 bridgehead atoms. The number of sulfonamides is 1. The fraction of sp³-hybridized carbons (Fsp3) is 0.350. The third-order valence-electron chi connectivity index (χ3n) is 4.27. The topological polar surface area (TPSA) is 69.7 Å². The standard InChI is InChI=1S/C20H27N3O3S/c1-5-23(6-2)27(25,26)17-12-13-19(22(3)4)18(15-17)21-20(24)14-16-10-8-7-9-11-16/h7-13,15H,5-6,14H2,1-4H3,(H,21,24). The van der Waals surface area contributed by atoms with Gasteiger partial charge in [-0.15, -0.1) is 0 Å². The van der Waals surface area contributed by atoms with E-state index in [0.717, 1.165) is 11.3 Å². The molecule has 0 fully saturated rings. The molecule has 0 radical (unpaired) electrons. The first-order valence-corrected chi connectivity index (χ1v) is 10.4. The average molecular weight is 390 g/mol. The number of hydrogen-bond donors (Lipinski definition) is 1. The van der Waals surface area contributed by atoms with Crippen molar-refractivity contribution in [3.63, 3.8) is 0 Å². The second kappa shape index (κ2) is 9.01. The highest BCUT2D eigenvalue weighted by Gasteiger charge is 2.23. The number of amides is 1. The number of nitrogens with zero attached hydrogens (tertiary/aromatic N) is 2. The van der Waals surface area contributed by atoms with E-state index >= 15 is 0 Å². The van der Waals surface area contributed by atoms with Gasteiger partial charge in [-0.1, -0.05) is 44.2 Å². The van der Waals surface area contributed by atoms with Gasteiger partial charge in [-0.3, -0.25) is 4.79 Å². The van der Waals surface area contributed by atoms with Gasteiger partial charge in [0.1, 0.15) is 0 Å². The van der Waals surface area contributed by atoms with Crippen molar-refractivity contribution in [2.75, 3.05) is 37.4 Å². The molecule has 0 aromatic heterocycles. The minimum Gasteiger partial charge on any atom is -0.376 e. The van der Waals surface area contributed by atoms with Crippen molar-refractivity contribution in [2.45, 2.75) is 25.2 Å². The van der Waals surface area contributed by atoms with Crippen molar-refractivity contribution in [2.24, 2.45) is 0 Å². The molecule has 0 saturated carbocycles. The summed E-state index contributed by atoms with van der Waals surface area (Å²) in [6.45, 7) is 4.39. The van der Waals surface area contributed by atoms with Crippen molar-refractivity contribution in [3.8, 4) is 0 Å². The fourth-order valence-electron chi connectivity index (χ4n) is 2.85. The second-order valence-corrected chi connectivity index (χ2v) is 8.31. The smallest absolute Gasteiger partial charge is 0.243 e. The van der Waals surface area contributed by atoms with Crippen LogP contribution in [0.15, 0.2) is 53.4 Å². The molecule has 2 rings (SSSR count). The van der Waals surface area contributed by atoms with Crippen LogP contribution in [0.1, 0.15) is 19.4 Å². The fourth-order valence-corrected chi connectivity index (χ4v) is 4.34. The predicted octanol–water partition coefficient (Wildman–Crippen LogP) is 2.96. The van der Waals surface area contributed by atoms with Crippen LogP contribution in [-0.2, 0) is 21.2 Å². The summed E-state index contributed by atoms with van der Waals surface area (Å²) in [6.07, 6.45) is 0.223. The van der Waals surface area contributed by atoms with Gasteiger partial charge in [-0.05, 0) is 23.8 Å². The molecule has 6 nitrogen and oxygen atoms in total. The highest BCUT2D eigenvalue weighted by Crippen LogP contribution is 2.29. The lowest BCUT2D eigenvalue weighted by Crippen LogP contribution is -2.30. The van der Waals surface area contributed by atoms with E-state index in [2.05, 4.69) is 5.32 Å². The number of rotatable bonds is 8. The molecule has 1 amide bonds. The van der Waals surface area contributed by atoms with Gasteiger partial charge < -0.3 is 10.2 Å². The third-order valence-corrected chi connectivity index (χ3v) is 6.32. The lowest BCUT2D eigenvalue weighted by Gasteiger charge is -2.22. The molecule has 0 atom stereocenters. The predicted molar refractivity (Wildman–Crippen MR) is 110 cm³/mol. The zero-order valence-corrected chi connectivity index (χ0v) is 17.1. The molecule has 0 aliphatic carbocycles. The van der Waals surface area contributed by atoms with Gasteiger partial charge in [0.25, 0.3) is 0 Å². The van der Waals surface area contributed by atoms with Crippen molar-refractivity contribution in [1.29, 1.82) is 0 Å². The number of nitrogens with one attached hydrogen (secondary N) is 1. The Morgan fingerprint density at radius 1 is 1.00 bits per heavy atom. The minimum atomic E-state index is -3.60. The van der Waals surface area contributed by atoms with E-state index < -0.39 is 10.0 Å².